The molecule has 0 saturated carbocycles. The standard InChI is InChI=1S/C13H19ClN2O/c1-5-9-7-10(14)8-15-12(9)13(3,4)16-11(17)6-2/h7-8H,5-6H2,1-4H3,(H,16,17). The Balaban J connectivity index is 3.09. The van der Waals surface area contributed by atoms with Crippen LogP contribution in [0.1, 0.15) is 45.4 Å². The topological polar surface area (TPSA) is 42.0 Å². The summed E-state index contributed by atoms with van der Waals surface area (Å²) < 4.78 is 0. The molecule has 0 radical (unpaired) electrons. The molecule has 0 aliphatic carbocycles. The molecule has 17 heavy (non-hydrogen) atoms. The lowest BCUT2D eigenvalue weighted by atomic mass is 9.94. The van der Waals surface area contributed by atoms with E-state index in [9.17, 15) is 4.79 Å². The fourth-order valence-electron chi connectivity index (χ4n) is 1.81. The van der Waals surface area contributed by atoms with Gasteiger partial charge < -0.3 is 5.32 Å². The van der Waals surface area contributed by atoms with Gasteiger partial charge >= 0.3 is 0 Å². The van der Waals surface area contributed by atoms with E-state index in [0.717, 1.165) is 17.7 Å². The molecule has 1 amide bonds. The Kier molecular flexibility index (Phi) is 4.52. The van der Waals surface area contributed by atoms with Crippen LogP contribution < -0.4 is 5.32 Å². The molecule has 0 aromatic carbocycles. The SMILES string of the molecule is CCC(=O)NC(C)(C)c1ncc(Cl)cc1CC. The molecule has 1 aromatic rings. The van der Waals surface area contributed by atoms with Gasteiger partial charge in [-0.25, -0.2) is 0 Å². The number of aromatic nitrogens is 1. The highest BCUT2D eigenvalue weighted by Gasteiger charge is 2.26. The van der Waals surface area contributed by atoms with Crippen molar-refractivity contribution < 1.29 is 4.79 Å². The molecule has 3 nitrogen and oxygen atoms in total. The summed E-state index contributed by atoms with van der Waals surface area (Å²) in [6.07, 6.45) is 2.93. The molecular weight excluding hydrogens is 236 g/mol. The third-order valence-corrected chi connectivity index (χ3v) is 2.89. The van der Waals surface area contributed by atoms with Gasteiger partial charge in [0.05, 0.1) is 16.3 Å². The van der Waals surface area contributed by atoms with E-state index in [4.69, 9.17) is 11.6 Å². The quantitative estimate of drug-likeness (QED) is 0.897. The average molecular weight is 255 g/mol. The number of hydrogen-bond acceptors (Lipinski definition) is 2. The minimum absolute atomic E-state index is 0.0220. The van der Waals surface area contributed by atoms with Gasteiger partial charge in [-0.1, -0.05) is 25.4 Å². The molecule has 0 spiro atoms. The highest BCUT2D eigenvalue weighted by molar-refractivity contribution is 6.30. The minimum atomic E-state index is -0.469. The molecular formula is C13H19ClN2O. The van der Waals surface area contributed by atoms with Crippen LogP contribution in [0.15, 0.2) is 12.3 Å². The van der Waals surface area contributed by atoms with E-state index in [1.54, 1.807) is 6.20 Å². The van der Waals surface area contributed by atoms with Crippen LogP contribution in [0.5, 0.6) is 0 Å². The summed E-state index contributed by atoms with van der Waals surface area (Å²) in [5.74, 6) is 0.0220. The molecule has 1 heterocycles. The molecule has 0 unspecified atom stereocenters. The largest absolute Gasteiger partial charge is 0.346 e. The van der Waals surface area contributed by atoms with Crippen LogP contribution in [0.4, 0.5) is 0 Å². The number of amides is 1. The van der Waals surface area contributed by atoms with Crippen molar-refractivity contribution >= 4 is 17.5 Å². The number of carbonyl (C=O) groups is 1. The second kappa shape index (κ2) is 5.50. The summed E-state index contributed by atoms with van der Waals surface area (Å²) in [6, 6.07) is 1.91. The zero-order valence-corrected chi connectivity index (χ0v) is 11.6. The normalized spacial score (nSPS) is 11.4. The monoisotopic (exact) mass is 254 g/mol. The maximum Gasteiger partial charge on any atom is 0.220 e. The molecule has 0 bridgehead atoms. The van der Waals surface area contributed by atoms with Gasteiger partial charge in [0.1, 0.15) is 0 Å². The van der Waals surface area contributed by atoms with Crippen molar-refractivity contribution in [3.05, 3.63) is 28.5 Å². The Hall–Kier alpha value is -1.09. The van der Waals surface area contributed by atoms with Crippen molar-refractivity contribution in [2.45, 2.75) is 46.1 Å². The highest BCUT2D eigenvalue weighted by atomic mass is 35.5. The zero-order valence-electron chi connectivity index (χ0n) is 10.8. The third kappa shape index (κ3) is 3.43. The molecule has 94 valence electrons. The van der Waals surface area contributed by atoms with E-state index in [2.05, 4.69) is 17.2 Å². The van der Waals surface area contributed by atoms with Gasteiger partial charge in [-0.05, 0) is 31.9 Å². The Morgan fingerprint density at radius 3 is 2.65 bits per heavy atom. The highest BCUT2D eigenvalue weighted by Crippen LogP contribution is 2.24. The van der Waals surface area contributed by atoms with Crippen molar-refractivity contribution in [1.82, 2.24) is 10.3 Å². The summed E-state index contributed by atoms with van der Waals surface area (Å²) in [5.41, 5.74) is 1.48. The first-order valence-electron chi connectivity index (χ1n) is 5.86. The van der Waals surface area contributed by atoms with Crippen LogP contribution in [0.25, 0.3) is 0 Å². The van der Waals surface area contributed by atoms with Crippen LogP contribution >= 0.6 is 11.6 Å². The lowest BCUT2D eigenvalue weighted by molar-refractivity contribution is -0.122. The van der Waals surface area contributed by atoms with E-state index in [-0.39, 0.29) is 5.91 Å². The molecule has 1 aromatic heterocycles. The molecule has 1 rings (SSSR count). The first kappa shape index (κ1) is 14.0. The van der Waals surface area contributed by atoms with Gasteiger partial charge in [-0.2, -0.15) is 0 Å². The fraction of sp³-hybridized carbons (Fsp3) is 0.538. The second-order valence-corrected chi connectivity index (χ2v) is 4.98. The van der Waals surface area contributed by atoms with Crippen LogP contribution in [0.2, 0.25) is 5.02 Å². The number of carbonyl (C=O) groups excluding carboxylic acids is 1. The number of nitrogens with zero attached hydrogens (tertiary/aromatic N) is 1. The lowest BCUT2D eigenvalue weighted by Crippen LogP contribution is -2.42. The van der Waals surface area contributed by atoms with E-state index in [1.807, 2.05) is 26.8 Å². The van der Waals surface area contributed by atoms with Crippen LogP contribution in [-0.4, -0.2) is 10.9 Å². The Morgan fingerprint density at radius 1 is 1.47 bits per heavy atom. The number of pyridine rings is 1. The number of hydrogen-bond donors (Lipinski definition) is 1. The number of halogens is 1. The van der Waals surface area contributed by atoms with Crippen molar-refractivity contribution in [1.29, 1.82) is 0 Å². The summed E-state index contributed by atoms with van der Waals surface area (Å²) in [4.78, 5) is 15.9. The van der Waals surface area contributed by atoms with Gasteiger partial charge in [0, 0.05) is 12.6 Å². The minimum Gasteiger partial charge on any atom is -0.346 e. The van der Waals surface area contributed by atoms with Gasteiger partial charge in [0.15, 0.2) is 0 Å². The first-order chi connectivity index (χ1) is 7.90. The van der Waals surface area contributed by atoms with E-state index in [0.29, 0.717) is 11.4 Å². The maximum atomic E-state index is 11.5. The van der Waals surface area contributed by atoms with E-state index >= 15 is 0 Å². The number of aryl methyl sites for hydroxylation is 1. The van der Waals surface area contributed by atoms with Gasteiger partial charge in [0.2, 0.25) is 5.91 Å². The second-order valence-electron chi connectivity index (χ2n) is 4.54. The van der Waals surface area contributed by atoms with E-state index < -0.39 is 5.54 Å². The summed E-state index contributed by atoms with van der Waals surface area (Å²) >= 11 is 5.93. The van der Waals surface area contributed by atoms with Gasteiger partial charge in [-0.15, -0.1) is 0 Å². The van der Waals surface area contributed by atoms with Crippen molar-refractivity contribution in [2.75, 3.05) is 0 Å². The Labute approximate surface area is 108 Å². The Bertz CT molecular complexity index is 416. The molecule has 0 aliphatic rings. The number of rotatable bonds is 4. The van der Waals surface area contributed by atoms with Gasteiger partial charge in [-0.3, -0.25) is 9.78 Å². The molecule has 0 fully saturated rings. The summed E-state index contributed by atoms with van der Waals surface area (Å²) in [7, 11) is 0. The molecule has 0 atom stereocenters. The van der Waals surface area contributed by atoms with Crippen molar-refractivity contribution in [2.24, 2.45) is 0 Å². The average Bonchev–Trinajstić information content (AvgIpc) is 2.27. The molecule has 4 heteroatoms. The van der Waals surface area contributed by atoms with E-state index in [1.165, 1.54) is 0 Å². The predicted molar refractivity (Wildman–Crippen MR) is 70.1 cm³/mol. The maximum absolute atomic E-state index is 11.5. The van der Waals surface area contributed by atoms with Crippen molar-refractivity contribution in [3.63, 3.8) is 0 Å². The van der Waals surface area contributed by atoms with Crippen LogP contribution in [0, 0.1) is 0 Å². The Morgan fingerprint density at radius 2 is 2.12 bits per heavy atom. The molecule has 0 aliphatic heterocycles. The van der Waals surface area contributed by atoms with Gasteiger partial charge in [0.25, 0.3) is 0 Å². The third-order valence-electron chi connectivity index (χ3n) is 2.68. The first-order valence-corrected chi connectivity index (χ1v) is 6.24. The van der Waals surface area contributed by atoms with Crippen LogP contribution in [-0.2, 0) is 16.8 Å². The molecule has 1 N–H and O–H groups in total. The molecule has 0 saturated heterocycles. The number of nitrogens with one attached hydrogen (secondary N) is 1. The predicted octanol–water partition coefficient (Wildman–Crippen LogP) is 3.06. The van der Waals surface area contributed by atoms with Crippen LogP contribution in [0.3, 0.4) is 0 Å². The fourth-order valence-corrected chi connectivity index (χ4v) is 1.99. The smallest absolute Gasteiger partial charge is 0.220 e. The lowest BCUT2D eigenvalue weighted by Gasteiger charge is -2.27. The summed E-state index contributed by atoms with van der Waals surface area (Å²) in [5, 5.41) is 3.60. The zero-order chi connectivity index (χ0) is 13.1. The van der Waals surface area contributed by atoms with Crippen molar-refractivity contribution in [3.8, 4) is 0 Å². The summed E-state index contributed by atoms with van der Waals surface area (Å²) in [6.45, 7) is 7.79.